The van der Waals surface area contributed by atoms with E-state index >= 15 is 0 Å². The van der Waals surface area contributed by atoms with Crippen molar-refractivity contribution in [2.75, 3.05) is 25.0 Å². The van der Waals surface area contributed by atoms with Gasteiger partial charge in [0.15, 0.2) is 5.78 Å². The third kappa shape index (κ3) is 4.61. The molecule has 1 heterocycles. The first-order valence-corrected chi connectivity index (χ1v) is 7.16. The largest absolute Gasteiger partial charge is 0.484 e. The molecule has 1 aliphatic rings. The van der Waals surface area contributed by atoms with Gasteiger partial charge in [-0.1, -0.05) is 11.6 Å². The van der Waals surface area contributed by atoms with Crippen molar-refractivity contribution in [2.24, 2.45) is 11.7 Å². The van der Waals surface area contributed by atoms with E-state index < -0.39 is 6.03 Å². The van der Waals surface area contributed by atoms with E-state index in [0.717, 1.165) is 25.9 Å². The lowest BCUT2D eigenvalue weighted by Crippen LogP contribution is -2.34. The lowest BCUT2D eigenvalue weighted by atomic mass is 9.94. The molecule has 1 aliphatic heterocycles. The number of hydrogen-bond acceptors (Lipinski definition) is 4. The van der Waals surface area contributed by atoms with Crippen molar-refractivity contribution in [1.29, 1.82) is 0 Å². The number of Topliss-reactive ketones (excluding diaryl/α,β-unsaturated/α-hetero) is 1. The molecule has 0 bridgehead atoms. The Balaban J connectivity index is 1.98. The van der Waals surface area contributed by atoms with Crippen molar-refractivity contribution in [3.05, 3.63) is 23.2 Å². The minimum atomic E-state index is -0.716. The number of urea groups is 1. The Hall–Kier alpha value is -1.79. The van der Waals surface area contributed by atoms with E-state index in [2.05, 4.69) is 10.6 Å². The first-order chi connectivity index (χ1) is 10.1. The zero-order valence-corrected chi connectivity index (χ0v) is 12.3. The molecule has 1 fully saturated rings. The van der Waals surface area contributed by atoms with Crippen LogP contribution in [0.5, 0.6) is 5.75 Å². The van der Waals surface area contributed by atoms with Gasteiger partial charge in [0.25, 0.3) is 0 Å². The molecule has 0 spiro atoms. The summed E-state index contributed by atoms with van der Waals surface area (Å²) in [4.78, 5) is 23.0. The summed E-state index contributed by atoms with van der Waals surface area (Å²) in [6.07, 6.45) is 1.66. The number of amides is 2. The standard InChI is InChI=1S/C14H18ClN3O3/c15-10-1-2-13(11(7-10)18-14(16)20)21-8-12(19)9-3-5-17-6-4-9/h1-2,7,9,17H,3-6,8H2,(H3,16,18,20). The predicted octanol–water partition coefficient (Wildman–Crippen LogP) is 1.78. The summed E-state index contributed by atoms with van der Waals surface area (Å²) in [6.45, 7) is 1.68. The highest BCUT2D eigenvalue weighted by Gasteiger charge is 2.21. The van der Waals surface area contributed by atoms with Crippen LogP contribution in [-0.2, 0) is 4.79 Å². The second-order valence-corrected chi connectivity index (χ2v) is 5.35. The van der Waals surface area contributed by atoms with E-state index in [1.54, 1.807) is 12.1 Å². The number of halogens is 1. The van der Waals surface area contributed by atoms with E-state index in [0.29, 0.717) is 16.5 Å². The molecule has 1 aromatic rings. The van der Waals surface area contributed by atoms with Crippen molar-refractivity contribution in [2.45, 2.75) is 12.8 Å². The Kier molecular flexibility index (Phi) is 5.41. The van der Waals surface area contributed by atoms with E-state index in [4.69, 9.17) is 22.1 Å². The maximum atomic E-state index is 12.1. The van der Waals surface area contributed by atoms with Gasteiger partial charge in [0.2, 0.25) is 0 Å². The van der Waals surface area contributed by atoms with Crippen LogP contribution in [0.25, 0.3) is 0 Å². The zero-order chi connectivity index (χ0) is 15.2. The zero-order valence-electron chi connectivity index (χ0n) is 11.5. The van der Waals surface area contributed by atoms with E-state index in [-0.39, 0.29) is 18.3 Å². The topological polar surface area (TPSA) is 93.5 Å². The van der Waals surface area contributed by atoms with Gasteiger partial charge >= 0.3 is 6.03 Å². The summed E-state index contributed by atoms with van der Waals surface area (Å²) in [6, 6.07) is 4.03. The number of piperidine rings is 1. The van der Waals surface area contributed by atoms with Gasteiger partial charge < -0.3 is 21.1 Å². The third-order valence-corrected chi connectivity index (χ3v) is 3.60. The van der Waals surface area contributed by atoms with Gasteiger partial charge in [-0.25, -0.2) is 4.79 Å². The first-order valence-electron chi connectivity index (χ1n) is 6.78. The third-order valence-electron chi connectivity index (χ3n) is 3.36. The minimum Gasteiger partial charge on any atom is -0.484 e. The average Bonchev–Trinajstić information content (AvgIpc) is 2.46. The van der Waals surface area contributed by atoms with Gasteiger partial charge in [-0.2, -0.15) is 0 Å². The molecule has 1 saturated heterocycles. The minimum absolute atomic E-state index is 0.0280. The number of ether oxygens (including phenoxy) is 1. The number of nitrogens with one attached hydrogen (secondary N) is 2. The Bertz CT molecular complexity index is 530. The highest BCUT2D eigenvalue weighted by Crippen LogP contribution is 2.28. The summed E-state index contributed by atoms with van der Waals surface area (Å²) in [5, 5.41) is 6.08. The molecule has 0 unspecified atom stereocenters. The van der Waals surface area contributed by atoms with Crippen molar-refractivity contribution in [1.82, 2.24) is 5.32 Å². The molecule has 2 rings (SSSR count). The molecule has 0 aliphatic carbocycles. The monoisotopic (exact) mass is 311 g/mol. The first kappa shape index (κ1) is 15.6. The SMILES string of the molecule is NC(=O)Nc1cc(Cl)ccc1OCC(=O)C1CCNCC1. The smallest absolute Gasteiger partial charge is 0.316 e. The van der Waals surface area contributed by atoms with Crippen LogP contribution in [0.15, 0.2) is 18.2 Å². The van der Waals surface area contributed by atoms with Crippen molar-refractivity contribution in [3.8, 4) is 5.75 Å². The fourth-order valence-corrected chi connectivity index (χ4v) is 2.44. The summed E-state index contributed by atoms with van der Waals surface area (Å²) in [5.41, 5.74) is 5.45. The van der Waals surface area contributed by atoms with Gasteiger partial charge in [-0.05, 0) is 44.1 Å². The van der Waals surface area contributed by atoms with Crippen LogP contribution in [0.4, 0.5) is 10.5 Å². The predicted molar refractivity (Wildman–Crippen MR) is 80.8 cm³/mol. The molecule has 6 nitrogen and oxygen atoms in total. The van der Waals surface area contributed by atoms with Gasteiger partial charge in [-0.3, -0.25) is 4.79 Å². The Morgan fingerprint density at radius 1 is 1.38 bits per heavy atom. The number of carbonyl (C=O) groups is 2. The van der Waals surface area contributed by atoms with Crippen LogP contribution in [0, 0.1) is 5.92 Å². The number of hydrogen-bond donors (Lipinski definition) is 3. The van der Waals surface area contributed by atoms with Gasteiger partial charge in [0.1, 0.15) is 12.4 Å². The molecule has 0 saturated carbocycles. The number of anilines is 1. The van der Waals surface area contributed by atoms with E-state index in [1.807, 2.05) is 0 Å². The summed E-state index contributed by atoms with van der Waals surface area (Å²) >= 11 is 5.86. The van der Waals surface area contributed by atoms with E-state index in [9.17, 15) is 9.59 Å². The van der Waals surface area contributed by atoms with Gasteiger partial charge in [0, 0.05) is 10.9 Å². The Labute approximate surface area is 128 Å². The molecule has 4 N–H and O–H groups in total. The van der Waals surface area contributed by atoms with Crippen molar-refractivity contribution in [3.63, 3.8) is 0 Å². The molecule has 1 aromatic carbocycles. The van der Waals surface area contributed by atoms with E-state index in [1.165, 1.54) is 6.07 Å². The Morgan fingerprint density at radius 2 is 2.10 bits per heavy atom. The average molecular weight is 312 g/mol. The molecular formula is C14H18ClN3O3. The number of primary amides is 1. The number of ketones is 1. The second kappa shape index (κ2) is 7.28. The summed E-state index contributed by atoms with van der Waals surface area (Å²) in [7, 11) is 0. The number of rotatable bonds is 5. The number of nitrogens with two attached hydrogens (primary N) is 1. The van der Waals surface area contributed by atoms with Gasteiger partial charge in [0.05, 0.1) is 5.69 Å². The number of benzene rings is 1. The van der Waals surface area contributed by atoms with Crippen LogP contribution >= 0.6 is 11.6 Å². The fraction of sp³-hybridized carbons (Fsp3) is 0.429. The second-order valence-electron chi connectivity index (χ2n) is 4.91. The van der Waals surface area contributed by atoms with Crippen molar-refractivity contribution >= 4 is 29.1 Å². The van der Waals surface area contributed by atoms with Crippen LogP contribution in [0.2, 0.25) is 5.02 Å². The lowest BCUT2D eigenvalue weighted by Gasteiger charge is -2.21. The quantitative estimate of drug-likeness (QED) is 0.772. The van der Waals surface area contributed by atoms with Crippen molar-refractivity contribution < 1.29 is 14.3 Å². The van der Waals surface area contributed by atoms with Gasteiger partial charge in [-0.15, -0.1) is 0 Å². The highest BCUT2D eigenvalue weighted by atomic mass is 35.5. The molecule has 0 aromatic heterocycles. The van der Waals surface area contributed by atoms with Crippen LogP contribution in [0.3, 0.4) is 0 Å². The summed E-state index contributed by atoms with van der Waals surface area (Å²) in [5.74, 6) is 0.475. The molecular weight excluding hydrogens is 294 g/mol. The summed E-state index contributed by atoms with van der Waals surface area (Å²) < 4.78 is 5.51. The Morgan fingerprint density at radius 3 is 2.76 bits per heavy atom. The van der Waals surface area contributed by atoms with Crippen LogP contribution in [0.1, 0.15) is 12.8 Å². The highest BCUT2D eigenvalue weighted by molar-refractivity contribution is 6.31. The maximum Gasteiger partial charge on any atom is 0.316 e. The van der Waals surface area contributed by atoms with Crippen LogP contribution in [-0.4, -0.2) is 31.5 Å². The lowest BCUT2D eigenvalue weighted by molar-refractivity contribution is -0.125. The fourth-order valence-electron chi connectivity index (χ4n) is 2.27. The molecule has 114 valence electrons. The number of carbonyl (C=O) groups excluding carboxylic acids is 2. The van der Waals surface area contributed by atoms with Crippen LogP contribution < -0.4 is 21.1 Å². The molecule has 0 radical (unpaired) electrons. The molecule has 0 atom stereocenters. The maximum absolute atomic E-state index is 12.1. The molecule has 7 heteroatoms. The molecule has 2 amide bonds. The normalized spacial score (nSPS) is 15.5. The molecule has 21 heavy (non-hydrogen) atoms.